The Morgan fingerprint density at radius 1 is 1.38 bits per heavy atom. The fourth-order valence-electron chi connectivity index (χ4n) is 2.84. The number of rotatable bonds is 4. The Morgan fingerprint density at radius 2 is 2.12 bits per heavy atom. The number of anilines is 1. The summed E-state index contributed by atoms with van der Waals surface area (Å²) < 4.78 is 5.43. The number of hydrogen-bond acceptors (Lipinski definition) is 4. The van der Waals surface area contributed by atoms with Crippen molar-refractivity contribution in [2.24, 2.45) is 0 Å². The van der Waals surface area contributed by atoms with Gasteiger partial charge in [-0.3, -0.25) is 9.59 Å². The van der Waals surface area contributed by atoms with Crippen LogP contribution in [0.2, 0.25) is 0 Å². The molecule has 6 nitrogen and oxygen atoms in total. The number of aliphatic hydroxyl groups is 1. The van der Waals surface area contributed by atoms with E-state index in [1.54, 1.807) is 32.0 Å². The van der Waals surface area contributed by atoms with Gasteiger partial charge in [-0.15, -0.1) is 0 Å². The number of carbonyl (C=O) groups excluding carboxylic acids is 2. The Morgan fingerprint density at radius 3 is 2.83 bits per heavy atom. The molecule has 0 aliphatic carbocycles. The van der Waals surface area contributed by atoms with E-state index in [2.05, 4.69) is 10.6 Å². The zero-order valence-corrected chi connectivity index (χ0v) is 13.6. The van der Waals surface area contributed by atoms with Gasteiger partial charge in [0.15, 0.2) is 0 Å². The first-order valence-electron chi connectivity index (χ1n) is 7.82. The number of para-hydroxylation sites is 1. The third-order valence-corrected chi connectivity index (χ3v) is 4.19. The average molecular weight is 328 g/mol. The molecule has 6 heteroatoms. The van der Waals surface area contributed by atoms with Crippen molar-refractivity contribution in [2.75, 3.05) is 11.9 Å². The number of benzene rings is 1. The Kier molecular flexibility index (Phi) is 4.15. The molecule has 2 atom stereocenters. The fourth-order valence-corrected chi connectivity index (χ4v) is 2.84. The maximum atomic E-state index is 12.6. The highest BCUT2D eigenvalue weighted by Gasteiger charge is 2.33. The van der Waals surface area contributed by atoms with Crippen LogP contribution in [0.1, 0.15) is 36.3 Å². The van der Waals surface area contributed by atoms with Crippen molar-refractivity contribution in [1.29, 1.82) is 0 Å². The van der Waals surface area contributed by atoms with E-state index in [0.717, 1.165) is 5.56 Å². The standard InChI is InChI=1S/C18H20N2O4/c1-11-7-8-15(24-11)18(2,23)10-19-17(22)13-9-16(21)20-14-6-4-3-5-12(13)14/h3-8,13,23H,9-10H2,1-2H3,(H,19,22)(H,20,21)/t13-,18+/m1/s1. The third kappa shape index (κ3) is 3.19. The van der Waals surface area contributed by atoms with Crippen LogP contribution >= 0.6 is 0 Å². The van der Waals surface area contributed by atoms with Crippen LogP contribution < -0.4 is 10.6 Å². The van der Waals surface area contributed by atoms with Crippen LogP contribution in [0, 0.1) is 6.92 Å². The Labute approximate surface area is 139 Å². The lowest BCUT2D eigenvalue weighted by Gasteiger charge is -2.27. The van der Waals surface area contributed by atoms with Gasteiger partial charge in [0.25, 0.3) is 0 Å². The molecule has 1 aromatic carbocycles. The van der Waals surface area contributed by atoms with Gasteiger partial charge in [-0.2, -0.15) is 0 Å². The molecule has 0 fully saturated rings. The second-order valence-corrected chi connectivity index (χ2v) is 6.29. The van der Waals surface area contributed by atoms with Crippen LogP contribution in [0.3, 0.4) is 0 Å². The SMILES string of the molecule is Cc1ccc([C@@](C)(O)CNC(=O)[C@@H]2CC(=O)Nc3ccccc32)o1. The van der Waals surface area contributed by atoms with Crippen molar-refractivity contribution in [2.45, 2.75) is 31.8 Å². The minimum absolute atomic E-state index is 0.000920. The highest BCUT2D eigenvalue weighted by atomic mass is 16.4. The minimum atomic E-state index is -1.32. The summed E-state index contributed by atoms with van der Waals surface area (Å²) in [5.41, 5.74) is 0.116. The van der Waals surface area contributed by atoms with E-state index in [4.69, 9.17) is 4.42 Å². The largest absolute Gasteiger partial charge is 0.463 e. The summed E-state index contributed by atoms with van der Waals surface area (Å²) in [6.45, 7) is 3.36. The van der Waals surface area contributed by atoms with Gasteiger partial charge in [0, 0.05) is 12.1 Å². The fraction of sp³-hybridized carbons (Fsp3) is 0.333. The van der Waals surface area contributed by atoms with Gasteiger partial charge in [0.2, 0.25) is 11.8 Å². The molecule has 3 N–H and O–H groups in total. The molecule has 24 heavy (non-hydrogen) atoms. The van der Waals surface area contributed by atoms with Gasteiger partial charge in [-0.1, -0.05) is 18.2 Å². The van der Waals surface area contributed by atoms with E-state index in [1.165, 1.54) is 0 Å². The van der Waals surface area contributed by atoms with Gasteiger partial charge in [0.05, 0.1) is 12.5 Å². The third-order valence-electron chi connectivity index (χ3n) is 4.19. The first-order valence-corrected chi connectivity index (χ1v) is 7.82. The minimum Gasteiger partial charge on any atom is -0.463 e. The summed E-state index contributed by atoms with van der Waals surface area (Å²) in [7, 11) is 0. The number of nitrogens with one attached hydrogen (secondary N) is 2. The van der Waals surface area contributed by atoms with Crippen molar-refractivity contribution >= 4 is 17.5 Å². The van der Waals surface area contributed by atoms with Gasteiger partial charge < -0.3 is 20.2 Å². The van der Waals surface area contributed by atoms with E-state index in [1.807, 2.05) is 18.2 Å². The number of aryl methyl sites for hydroxylation is 1. The van der Waals surface area contributed by atoms with Crippen LogP contribution in [-0.4, -0.2) is 23.5 Å². The number of fused-ring (bicyclic) bond motifs is 1. The zero-order valence-electron chi connectivity index (χ0n) is 13.6. The molecular weight excluding hydrogens is 308 g/mol. The molecule has 0 saturated carbocycles. The average Bonchev–Trinajstić information content (AvgIpc) is 2.99. The maximum absolute atomic E-state index is 12.6. The number of amides is 2. The van der Waals surface area contributed by atoms with Crippen LogP contribution in [0.15, 0.2) is 40.8 Å². The summed E-state index contributed by atoms with van der Waals surface area (Å²) >= 11 is 0. The predicted octanol–water partition coefficient (Wildman–Crippen LogP) is 2.04. The van der Waals surface area contributed by atoms with Crippen LogP contribution in [-0.2, 0) is 15.2 Å². The van der Waals surface area contributed by atoms with Crippen molar-refractivity contribution in [3.8, 4) is 0 Å². The summed E-state index contributed by atoms with van der Waals surface area (Å²) in [6.07, 6.45) is 0.0881. The summed E-state index contributed by atoms with van der Waals surface area (Å²) in [5.74, 6) is 0.0313. The molecule has 0 radical (unpaired) electrons. The smallest absolute Gasteiger partial charge is 0.228 e. The molecule has 2 heterocycles. The van der Waals surface area contributed by atoms with E-state index < -0.39 is 11.5 Å². The number of furan rings is 1. The molecule has 2 aromatic rings. The van der Waals surface area contributed by atoms with Gasteiger partial charge >= 0.3 is 0 Å². The van der Waals surface area contributed by atoms with Gasteiger partial charge in [0.1, 0.15) is 17.1 Å². The molecule has 1 aromatic heterocycles. The molecule has 3 rings (SSSR count). The van der Waals surface area contributed by atoms with Crippen LogP contribution in [0.25, 0.3) is 0 Å². The van der Waals surface area contributed by atoms with Gasteiger partial charge in [-0.25, -0.2) is 0 Å². The van der Waals surface area contributed by atoms with E-state index in [-0.39, 0.29) is 24.8 Å². The molecule has 0 saturated heterocycles. The number of hydrogen-bond donors (Lipinski definition) is 3. The van der Waals surface area contributed by atoms with Crippen LogP contribution in [0.4, 0.5) is 5.69 Å². The molecule has 1 aliphatic heterocycles. The lowest BCUT2D eigenvalue weighted by molar-refractivity contribution is -0.127. The van der Waals surface area contributed by atoms with Crippen molar-refractivity contribution < 1.29 is 19.1 Å². The first-order chi connectivity index (χ1) is 11.4. The molecule has 0 spiro atoms. The quantitative estimate of drug-likeness (QED) is 0.801. The van der Waals surface area contributed by atoms with E-state index >= 15 is 0 Å². The van der Waals surface area contributed by atoms with Gasteiger partial charge in [-0.05, 0) is 37.6 Å². The van der Waals surface area contributed by atoms with E-state index in [9.17, 15) is 14.7 Å². The molecule has 126 valence electrons. The summed E-state index contributed by atoms with van der Waals surface area (Å²) in [6, 6.07) is 10.7. The summed E-state index contributed by atoms with van der Waals surface area (Å²) in [5, 5.41) is 16.0. The Balaban J connectivity index is 1.72. The lowest BCUT2D eigenvalue weighted by Crippen LogP contribution is -2.42. The monoisotopic (exact) mass is 328 g/mol. The highest BCUT2D eigenvalue weighted by molar-refractivity contribution is 6.01. The topological polar surface area (TPSA) is 91.6 Å². The Hall–Kier alpha value is -2.60. The first kappa shape index (κ1) is 16.3. The molecule has 0 bridgehead atoms. The zero-order chi connectivity index (χ0) is 17.3. The van der Waals surface area contributed by atoms with Crippen molar-refractivity contribution in [3.63, 3.8) is 0 Å². The molecular formula is C18H20N2O4. The second kappa shape index (κ2) is 6.13. The maximum Gasteiger partial charge on any atom is 0.228 e. The Bertz CT molecular complexity index is 779. The predicted molar refractivity (Wildman–Crippen MR) is 88.5 cm³/mol. The lowest BCUT2D eigenvalue weighted by atomic mass is 9.89. The molecule has 0 unspecified atom stereocenters. The van der Waals surface area contributed by atoms with E-state index in [0.29, 0.717) is 17.2 Å². The van der Waals surface area contributed by atoms with Crippen LogP contribution in [0.5, 0.6) is 0 Å². The highest BCUT2D eigenvalue weighted by Crippen LogP contribution is 2.32. The second-order valence-electron chi connectivity index (χ2n) is 6.29. The summed E-state index contributed by atoms with van der Waals surface area (Å²) in [4.78, 5) is 24.4. The van der Waals surface area contributed by atoms with Crippen molar-refractivity contribution in [1.82, 2.24) is 5.32 Å². The normalized spacial score (nSPS) is 19.1. The number of carbonyl (C=O) groups is 2. The molecule has 1 aliphatic rings. The molecule has 2 amide bonds. The van der Waals surface area contributed by atoms with Crippen molar-refractivity contribution in [3.05, 3.63) is 53.5 Å².